The maximum absolute atomic E-state index is 13.6. The van der Waals surface area contributed by atoms with Crippen molar-refractivity contribution >= 4 is 29.4 Å². The molecule has 2 atom stereocenters. The number of nitrogens with one attached hydrogen (secondary N) is 1. The first-order chi connectivity index (χ1) is 15.2. The van der Waals surface area contributed by atoms with Gasteiger partial charge >= 0.3 is 12.1 Å². The second-order valence-electron chi connectivity index (χ2n) is 9.72. The van der Waals surface area contributed by atoms with E-state index in [-0.39, 0.29) is 24.0 Å². The van der Waals surface area contributed by atoms with E-state index < -0.39 is 11.7 Å². The average molecular weight is 462 g/mol. The van der Waals surface area contributed by atoms with Gasteiger partial charge in [-0.15, -0.1) is 0 Å². The normalized spacial score (nSPS) is 23.8. The second-order valence-corrected chi connectivity index (χ2v) is 10.2. The molecule has 1 saturated heterocycles. The first-order valence-corrected chi connectivity index (χ1v) is 11.8. The van der Waals surface area contributed by atoms with Gasteiger partial charge in [0.15, 0.2) is 0 Å². The minimum Gasteiger partial charge on any atom is -0.496 e. The van der Waals surface area contributed by atoms with Crippen molar-refractivity contribution in [1.82, 2.24) is 10.0 Å². The molecular formula is C24H32ClN3O4. The van der Waals surface area contributed by atoms with Crippen LogP contribution in [0.25, 0.3) is 0 Å². The number of hydrogen-bond acceptors (Lipinski definition) is 4. The maximum Gasteiger partial charge on any atom is 0.430 e. The molecule has 4 rings (SSSR count). The van der Waals surface area contributed by atoms with Crippen molar-refractivity contribution < 1.29 is 19.1 Å². The van der Waals surface area contributed by atoms with Crippen LogP contribution in [0.1, 0.15) is 59.3 Å². The molecule has 1 aromatic carbocycles. The number of hydrazine groups is 1. The highest BCUT2D eigenvalue weighted by molar-refractivity contribution is 6.30. The number of nitrogens with zero attached hydrogens (tertiary/aromatic N) is 2. The number of benzene rings is 1. The zero-order valence-corrected chi connectivity index (χ0v) is 19.7. The number of ether oxygens (including phenoxy) is 2. The third-order valence-electron chi connectivity index (χ3n) is 6.15. The molecule has 0 aromatic heterocycles. The van der Waals surface area contributed by atoms with Gasteiger partial charge < -0.3 is 14.8 Å². The summed E-state index contributed by atoms with van der Waals surface area (Å²) in [5, 5.41) is 6.56. The van der Waals surface area contributed by atoms with Crippen LogP contribution in [0, 0.1) is 5.92 Å². The summed E-state index contributed by atoms with van der Waals surface area (Å²) in [6.07, 6.45) is 7.60. The molecule has 8 heteroatoms. The zero-order valence-electron chi connectivity index (χ0n) is 19.0. The fraction of sp³-hybridized carbons (Fsp3) is 0.583. The van der Waals surface area contributed by atoms with E-state index >= 15 is 0 Å². The van der Waals surface area contributed by atoms with Crippen LogP contribution < -0.4 is 5.32 Å². The average Bonchev–Trinajstić information content (AvgIpc) is 3.21. The lowest BCUT2D eigenvalue weighted by molar-refractivity contribution is -0.0717. The van der Waals surface area contributed by atoms with Crippen molar-refractivity contribution in [2.75, 3.05) is 11.9 Å². The molecular weight excluding hydrogens is 430 g/mol. The van der Waals surface area contributed by atoms with Crippen LogP contribution in [0.2, 0.25) is 5.02 Å². The van der Waals surface area contributed by atoms with E-state index in [1.165, 1.54) is 16.4 Å². The van der Waals surface area contributed by atoms with Gasteiger partial charge in [-0.3, -0.25) is 0 Å². The standard InChI is InChI=1S/C24H32ClN3O4/c1-24(2,3)32-23(30)28-20(16-7-5-4-6-8-16)15-21-19(13-14-31-21)27(28)22(29)26-18-11-9-17(25)10-12-18/h9-12,15-16,19-20H,4-8,13-14H2,1-3H3,(H,26,29)/t19-,20-/m1/s1. The van der Waals surface area contributed by atoms with Crippen molar-refractivity contribution in [2.45, 2.75) is 77.0 Å². The largest absolute Gasteiger partial charge is 0.496 e. The Bertz CT molecular complexity index is 874. The Kier molecular flexibility index (Phi) is 6.56. The van der Waals surface area contributed by atoms with E-state index in [1.807, 2.05) is 26.8 Å². The van der Waals surface area contributed by atoms with Gasteiger partial charge in [-0.1, -0.05) is 30.9 Å². The van der Waals surface area contributed by atoms with E-state index in [4.69, 9.17) is 21.1 Å². The molecule has 0 bridgehead atoms. The highest BCUT2D eigenvalue weighted by Crippen LogP contribution is 2.39. The van der Waals surface area contributed by atoms with Crippen molar-refractivity contribution in [3.63, 3.8) is 0 Å². The minimum absolute atomic E-state index is 0.250. The lowest BCUT2D eigenvalue weighted by Gasteiger charge is -2.47. The van der Waals surface area contributed by atoms with Crippen LogP contribution in [0.4, 0.5) is 15.3 Å². The molecule has 1 N–H and O–H groups in total. The highest BCUT2D eigenvalue weighted by Gasteiger charge is 2.48. The van der Waals surface area contributed by atoms with Gasteiger partial charge in [0.2, 0.25) is 0 Å². The first-order valence-electron chi connectivity index (χ1n) is 11.5. The van der Waals surface area contributed by atoms with E-state index in [9.17, 15) is 9.59 Å². The summed E-state index contributed by atoms with van der Waals surface area (Å²) in [5.41, 5.74) is -0.0735. The van der Waals surface area contributed by atoms with Gasteiger partial charge in [0.25, 0.3) is 0 Å². The number of amides is 3. The number of urea groups is 1. The van der Waals surface area contributed by atoms with Crippen LogP contribution in [-0.4, -0.2) is 46.4 Å². The van der Waals surface area contributed by atoms with Crippen LogP contribution in [0.5, 0.6) is 0 Å². The topological polar surface area (TPSA) is 71.1 Å². The van der Waals surface area contributed by atoms with Gasteiger partial charge in [-0.05, 0) is 69.9 Å². The van der Waals surface area contributed by atoms with Gasteiger partial charge in [-0.2, -0.15) is 0 Å². The summed E-state index contributed by atoms with van der Waals surface area (Å²) >= 11 is 5.98. The minimum atomic E-state index is -0.678. The molecule has 3 amide bonds. The van der Waals surface area contributed by atoms with Crippen LogP contribution in [-0.2, 0) is 9.47 Å². The third-order valence-corrected chi connectivity index (χ3v) is 6.40. The summed E-state index contributed by atoms with van der Waals surface area (Å²) in [5.74, 6) is 1.02. The van der Waals surface area contributed by atoms with Gasteiger partial charge in [-0.25, -0.2) is 19.6 Å². The van der Waals surface area contributed by atoms with Crippen molar-refractivity contribution in [3.8, 4) is 0 Å². The maximum atomic E-state index is 13.6. The Morgan fingerprint density at radius 2 is 1.75 bits per heavy atom. The van der Waals surface area contributed by atoms with Crippen molar-refractivity contribution in [3.05, 3.63) is 41.1 Å². The number of rotatable bonds is 2. The Morgan fingerprint density at radius 1 is 1.06 bits per heavy atom. The molecule has 1 aliphatic carbocycles. The number of fused-ring (bicyclic) bond motifs is 1. The Labute approximate surface area is 194 Å². The molecule has 2 aliphatic heterocycles. The molecule has 7 nitrogen and oxygen atoms in total. The summed E-state index contributed by atoms with van der Waals surface area (Å²) in [7, 11) is 0. The summed E-state index contributed by atoms with van der Waals surface area (Å²) in [6.45, 7) is 6.02. The van der Waals surface area contributed by atoms with Crippen LogP contribution >= 0.6 is 11.6 Å². The predicted molar refractivity (Wildman–Crippen MR) is 123 cm³/mol. The van der Waals surface area contributed by atoms with Crippen molar-refractivity contribution in [2.24, 2.45) is 5.92 Å². The Balaban J connectivity index is 1.69. The fourth-order valence-corrected chi connectivity index (χ4v) is 4.87. The van der Waals surface area contributed by atoms with Gasteiger partial charge in [0.05, 0.1) is 12.6 Å². The quantitative estimate of drug-likeness (QED) is 0.589. The molecule has 1 aromatic rings. The number of carbonyl (C=O) groups is 2. The van der Waals surface area contributed by atoms with Crippen molar-refractivity contribution in [1.29, 1.82) is 0 Å². The number of anilines is 1. The molecule has 174 valence electrons. The summed E-state index contributed by atoms with van der Waals surface area (Å²) in [4.78, 5) is 27.0. The van der Waals surface area contributed by atoms with Crippen LogP contribution in [0.15, 0.2) is 36.1 Å². The second kappa shape index (κ2) is 9.22. The molecule has 0 spiro atoms. The molecule has 0 radical (unpaired) electrons. The lowest BCUT2D eigenvalue weighted by Crippen LogP contribution is -2.63. The summed E-state index contributed by atoms with van der Waals surface area (Å²) < 4.78 is 11.7. The summed E-state index contributed by atoms with van der Waals surface area (Å²) in [6, 6.07) is 5.90. The smallest absolute Gasteiger partial charge is 0.430 e. The SMILES string of the molecule is CC(C)(C)OC(=O)N1[C@@H](C2CCCCC2)C=C2OCC[C@H]2N1C(=O)Nc1ccc(Cl)cc1. The zero-order chi connectivity index (χ0) is 22.9. The van der Waals surface area contributed by atoms with Gasteiger partial charge in [0.1, 0.15) is 17.4 Å². The molecule has 2 fully saturated rings. The highest BCUT2D eigenvalue weighted by atomic mass is 35.5. The molecule has 32 heavy (non-hydrogen) atoms. The van der Waals surface area contributed by atoms with E-state index in [1.54, 1.807) is 24.3 Å². The molecule has 1 saturated carbocycles. The third kappa shape index (κ3) is 4.98. The van der Waals surface area contributed by atoms with E-state index in [0.717, 1.165) is 31.4 Å². The Morgan fingerprint density at radius 3 is 2.41 bits per heavy atom. The number of halogens is 1. The molecule has 3 aliphatic rings. The van der Waals surface area contributed by atoms with Crippen LogP contribution in [0.3, 0.4) is 0 Å². The lowest BCUT2D eigenvalue weighted by atomic mass is 9.82. The predicted octanol–water partition coefficient (Wildman–Crippen LogP) is 5.96. The van der Waals surface area contributed by atoms with Gasteiger partial charge in [0, 0.05) is 17.1 Å². The number of carbonyl (C=O) groups excluding carboxylic acids is 2. The fourth-order valence-electron chi connectivity index (χ4n) is 4.74. The van der Waals surface area contributed by atoms with E-state index in [0.29, 0.717) is 23.7 Å². The monoisotopic (exact) mass is 461 g/mol. The first kappa shape index (κ1) is 22.8. The molecule has 2 heterocycles. The number of hydrogen-bond donors (Lipinski definition) is 1. The molecule has 0 unspecified atom stereocenters. The Hall–Kier alpha value is -2.41. The van der Waals surface area contributed by atoms with E-state index in [2.05, 4.69) is 5.32 Å².